The second-order valence-corrected chi connectivity index (χ2v) is 4.61. The van der Waals surface area contributed by atoms with Gasteiger partial charge in [-0.15, -0.1) is 0 Å². The zero-order valence-electron chi connectivity index (χ0n) is 9.52. The van der Waals surface area contributed by atoms with Crippen LogP contribution in [0.25, 0.3) is 0 Å². The first-order valence-electron chi connectivity index (χ1n) is 5.05. The van der Waals surface area contributed by atoms with Gasteiger partial charge in [-0.1, -0.05) is 40.5 Å². The number of hydrogen-bond acceptors (Lipinski definition) is 2. The van der Waals surface area contributed by atoms with Gasteiger partial charge in [0, 0.05) is 6.92 Å². The number of esters is 1. The molecule has 0 amide bonds. The second kappa shape index (κ2) is 5.25. The standard InChI is InChI=1S/C11H22O2/c1-6-7-8-10(11(3,4)5)13-9(2)12/h10H,6-8H2,1-5H3/t10-/m1/s1. The van der Waals surface area contributed by atoms with Crippen LogP contribution < -0.4 is 0 Å². The third-order valence-corrected chi connectivity index (χ3v) is 2.09. The summed E-state index contributed by atoms with van der Waals surface area (Å²) < 4.78 is 5.28. The zero-order valence-corrected chi connectivity index (χ0v) is 9.52. The number of rotatable bonds is 4. The van der Waals surface area contributed by atoms with Crippen LogP contribution in [-0.2, 0) is 9.53 Å². The maximum Gasteiger partial charge on any atom is 0.302 e. The summed E-state index contributed by atoms with van der Waals surface area (Å²) in [6.45, 7) is 9.95. The third kappa shape index (κ3) is 5.67. The van der Waals surface area contributed by atoms with Crippen molar-refractivity contribution in [3.05, 3.63) is 0 Å². The predicted molar refractivity (Wildman–Crippen MR) is 54.5 cm³/mol. The van der Waals surface area contributed by atoms with Crippen molar-refractivity contribution in [2.75, 3.05) is 0 Å². The molecular weight excluding hydrogens is 164 g/mol. The van der Waals surface area contributed by atoms with Gasteiger partial charge in [-0.3, -0.25) is 4.79 Å². The van der Waals surface area contributed by atoms with E-state index in [4.69, 9.17) is 4.74 Å². The summed E-state index contributed by atoms with van der Waals surface area (Å²) in [6.07, 6.45) is 3.30. The van der Waals surface area contributed by atoms with E-state index >= 15 is 0 Å². The molecule has 0 radical (unpaired) electrons. The highest BCUT2D eigenvalue weighted by Crippen LogP contribution is 2.26. The van der Waals surface area contributed by atoms with Crippen molar-refractivity contribution in [2.24, 2.45) is 5.41 Å². The molecule has 1 atom stereocenters. The summed E-state index contributed by atoms with van der Waals surface area (Å²) in [4.78, 5) is 10.8. The van der Waals surface area contributed by atoms with E-state index in [9.17, 15) is 4.79 Å². The minimum Gasteiger partial charge on any atom is -0.462 e. The first-order chi connectivity index (χ1) is 5.88. The molecule has 0 aromatic rings. The Labute approximate surface area is 81.7 Å². The van der Waals surface area contributed by atoms with E-state index in [1.807, 2.05) is 0 Å². The van der Waals surface area contributed by atoms with Crippen LogP contribution >= 0.6 is 0 Å². The van der Waals surface area contributed by atoms with Crippen LogP contribution in [-0.4, -0.2) is 12.1 Å². The third-order valence-electron chi connectivity index (χ3n) is 2.09. The molecule has 0 aliphatic heterocycles. The Kier molecular flexibility index (Phi) is 5.04. The largest absolute Gasteiger partial charge is 0.462 e. The Bertz CT molecular complexity index is 156. The lowest BCUT2D eigenvalue weighted by molar-refractivity contribution is -0.152. The molecule has 0 heterocycles. The molecule has 0 N–H and O–H groups in total. The molecule has 0 fully saturated rings. The van der Waals surface area contributed by atoms with E-state index in [0.717, 1.165) is 19.3 Å². The Morgan fingerprint density at radius 3 is 2.23 bits per heavy atom. The van der Waals surface area contributed by atoms with Gasteiger partial charge >= 0.3 is 5.97 Å². The zero-order chi connectivity index (χ0) is 10.5. The van der Waals surface area contributed by atoms with Gasteiger partial charge in [0.05, 0.1) is 0 Å². The van der Waals surface area contributed by atoms with Crippen LogP contribution in [0.1, 0.15) is 53.9 Å². The maximum absolute atomic E-state index is 10.8. The second-order valence-electron chi connectivity index (χ2n) is 4.61. The molecule has 0 rings (SSSR count). The summed E-state index contributed by atoms with van der Waals surface area (Å²) in [7, 11) is 0. The minimum absolute atomic E-state index is 0.0564. The van der Waals surface area contributed by atoms with Crippen LogP contribution in [0.2, 0.25) is 0 Å². The highest BCUT2D eigenvalue weighted by atomic mass is 16.5. The van der Waals surface area contributed by atoms with Crippen molar-refractivity contribution in [3.63, 3.8) is 0 Å². The molecule has 0 bridgehead atoms. The quantitative estimate of drug-likeness (QED) is 0.630. The fourth-order valence-electron chi connectivity index (χ4n) is 1.26. The SMILES string of the molecule is CCCC[C@@H](OC(C)=O)C(C)(C)C. The van der Waals surface area contributed by atoms with Crippen molar-refractivity contribution < 1.29 is 9.53 Å². The summed E-state index contributed by atoms with van der Waals surface area (Å²) in [5, 5.41) is 0. The van der Waals surface area contributed by atoms with Crippen LogP contribution in [0, 0.1) is 5.41 Å². The van der Waals surface area contributed by atoms with Crippen molar-refractivity contribution in [1.82, 2.24) is 0 Å². The fourth-order valence-corrected chi connectivity index (χ4v) is 1.26. The molecule has 0 aromatic carbocycles. The first-order valence-corrected chi connectivity index (χ1v) is 5.05. The molecule has 0 aliphatic rings. The molecule has 0 saturated carbocycles. The van der Waals surface area contributed by atoms with E-state index in [2.05, 4.69) is 27.7 Å². The number of unbranched alkanes of at least 4 members (excludes halogenated alkanes) is 1. The lowest BCUT2D eigenvalue weighted by atomic mass is 9.86. The van der Waals surface area contributed by atoms with Crippen LogP contribution in [0.3, 0.4) is 0 Å². The van der Waals surface area contributed by atoms with Gasteiger partial charge in [0.25, 0.3) is 0 Å². The van der Waals surface area contributed by atoms with Gasteiger partial charge in [0.15, 0.2) is 0 Å². The van der Waals surface area contributed by atoms with E-state index in [-0.39, 0.29) is 17.5 Å². The summed E-state index contributed by atoms with van der Waals surface area (Å²) >= 11 is 0. The molecule has 0 spiro atoms. The minimum atomic E-state index is -0.170. The number of ether oxygens (including phenoxy) is 1. The molecule has 0 aromatic heterocycles. The van der Waals surface area contributed by atoms with Crippen LogP contribution in [0.5, 0.6) is 0 Å². The molecule has 0 unspecified atom stereocenters. The van der Waals surface area contributed by atoms with Gasteiger partial charge in [0.1, 0.15) is 6.10 Å². The molecule has 78 valence electrons. The Morgan fingerprint density at radius 1 is 1.38 bits per heavy atom. The van der Waals surface area contributed by atoms with Gasteiger partial charge in [-0.05, 0) is 11.8 Å². The van der Waals surface area contributed by atoms with Crippen molar-refractivity contribution in [1.29, 1.82) is 0 Å². The Hall–Kier alpha value is -0.530. The number of carbonyl (C=O) groups is 1. The molecular formula is C11H22O2. The normalized spacial score (nSPS) is 13.9. The van der Waals surface area contributed by atoms with E-state index in [1.54, 1.807) is 0 Å². The van der Waals surface area contributed by atoms with Crippen LogP contribution in [0.15, 0.2) is 0 Å². The highest BCUT2D eigenvalue weighted by Gasteiger charge is 2.26. The monoisotopic (exact) mass is 186 g/mol. The average molecular weight is 186 g/mol. The highest BCUT2D eigenvalue weighted by molar-refractivity contribution is 5.66. The van der Waals surface area contributed by atoms with E-state index < -0.39 is 0 Å². The van der Waals surface area contributed by atoms with Gasteiger partial charge in [-0.25, -0.2) is 0 Å². The molecule has 0 saturated heterocycles. The predicted octanol–water partition coefficient (Wildman–Crippen LogP) is 3.15. The Balaban J connectivity index is 4.11. The van der Waals surface area contributed by atoms with Crippen molar-refractivity contribution >= 4 is 5.97 Å². The molecule has 13 heavy (non-hydrogen) atoms. The average Bonchev–Trinajstić information content (AvgIpc) is 1.95. The van der Waals surface area contributed by atoms with Crippen LogP contribution in [0.4, 0.5) is 0 Å². The molecule has 0 aliphatic carbocycles. The summed E-state index contributed by atoms with van der Waals surface area (Å²) in [5.41, 5.74) is 0.0564. The van der Waals surface area contributed by atoms with Gasteiger partial charge in [0.2, 0.25) is 0 Å². The van der Waals surface area contributed by atoms with Crippen molar-refractivity contribution in [2.45, 2.75) is 60.0 Å². The fraction of sp³-hybridized carbons (Fsp3) is 0.909. The topological polar surface area (TPSA) is 26.3 Å². The lowest BCUT2D eigenvalue weighted by Crippen LogP contribution is -2.30. The maximum atomic E-state index is 10.8. The van der Waals surface area contributed by atoms with E-state index in [1.165, 1.54) is 6.92 Å². The van der Waals surface area contributed by atoms with E-state index in [0.29, 0.717) is 0 Å². The number of hydrogen-bond donors (Lipinski definition) is 0. The Morgan fingerprint density at radius 2 is 1.92 bits per heavy atom. The lowest BCUT2D eigenvalue weighted by Gasteiger charge is -2.29. The first kappa shape index (κ1) is 12.5. The van der Waals surface area contributed by atoms with Crippen molar-refractivity contribution in [3.8, 4) is 0 Å². The molecule has 2 nitrogen and oxygen atoms in total. The van der Waals surface area contributed by atoms with Gasteiger partial charge in [-0.2, -0.15) is 0 Å². The smallest absolute Gasteiger partial charge is 0.302 e. The molecule has 2 heteroatoms. The summed E-state index contributed by atoms with van der Waals surface area (Å²) in [6, 6.07) is 0. The number of carbonyl (C=O) groups excluding carboxylic acids is 1. The summed E-state index contributed by atoms with van der Waals surface area (Å²) in [5.74, 6) is -0.170. The van der Waals surface area contributed by atoms with Gasteiger partial charge < -0.3 is 4.74 Å².